The summed E-state index contributed by atoms with van der Waals surface area (Å²) in [5.74, 6) is 0.634. The minimum atomic E-state index is -0.113. The average molecular weight is 479 g/mol. The minimum absolute atomic E-state index is 0. The summed E-state index contributed by atoms with van der Waals surface area (Å²) in [5.41, 5.74) is 0.598. The predicted octanol–water partition coefficient (Wildman–Crippen LogP) is 2.17. The molecule has 0 saturated carbocycles. The van der Waals surface area contributed by atoms with Gasteiger partial charge < -0.3 is 20.7 Å². The lowest BCUT2D eigenvalue weighted by molar-refractivity contribution is 0.0954. The quantitative estimate of drug-likeness (QED) is 0.262. The van der Waals surface area contributed by atoms with Crippen LogP contribution in [0.1, 0.15) is 29.6 Å². The summed E-state index contributed by atoms with van der Waals surface area (Å²) < 4.78 is 5.83. The van der Waals surface area contributed by atoms with Crippen molar-refractivity contribution in [1.82, 2.24) is 16.0 Å². The van der Waals surface area contributed by atoms with Gasteiger partial charge in [-0.2, -0.15) is 0 Å². The molecule has 1 aromatic carbocycles. The van der Waals surface area contributed by atoms with Crippen LogP contribution in [-0.2, 0) is 4.74 Å². The molecule has 2 bridgehead atoms. The van der Waals surface area contributed by atoms with E-state index in [4.69, 9.17) is 16.3 Å². The molecule has 1 amide bonds. The second-order valence-corrected chi connectivity index (χ2v) is 6.56. The maximum atomic E-state index is 12.0. The summed E-state index contributed by atoms with van der Waals surface area (Å²) in [4.78, 5) is 16.2. The van der Waals surface area contributed by atoms with E-state index in [1.165, 1.54) is 6.42 Å². The highest BCUT2D eigenvalue weighted by atomic mass is 127. The summed E-state index contributed by atoms with van der Waals surface area (Å²) in [5, 5.41) is 10.1. The van der Waals surface area contributed by atoms with E-state index in [0.29, 0.717) is 41.9 Å². The van der Waals surface area contributed by atoms with Gasteiger partial charge in [0.2, 0.25) is 0 Å². The van der Waals surface area contributed by atoms with E-state index in [1.54, 1.807) is 31.3 Å². The van der Waals surface area contributed by atoms with Crippen molar-refractivity contribution in [2.75, 3.05) is 20.1 Å². The molecule has 3 rings (SSSR count). The molecular formula is C17H24ClIN4O2. The number of benzene rings is 1. The van der Waals surface area contributed by atoms with Gasteiger partial charge in [-0.25, -0.2) is 0 Å². The normalized spacial score (nSPS) is 24.6. The van der Waals surface area contributed by atoms with Crippen LogP contribution >= 0.6 is 35.6 Å². The Balaban J connectivity index is 0.00000225. The van der Waals surface area contributed by atoms with E-state index in [2.05, 4.69) is 20.9 Å². The van der Waals surface area contributed by atoms with Gasteiger partial charge in [0, 0.05) is 30.7 Å². The zero-order valence-corrected chi connectivity index (χ0v) is 17.2. The summed E-state index contributed by atoms with van der Waals surface area (Å²) in [6.45, 7) is 1.11. The summed E-state index contributed by atoms with van der Waals surface area (Å²) in [6.07, 6.45) is 4.04. The summed E-state index contributed by atoms with van der Waals surface area (Å²) in [6, 6.07) is 7.16. The molecule has 3 atom stereocenters. The number of nitrogens with one attached hydrogen (secondary N) is 3. The molecule has 2 aliphatic heterocycles. The van der Waals surface area contributed by atoms with Gasteiger partial charge in [-0.3, -0.25) is 9.79 Å². The summed E-state index contributed by atoms with van der Waals surface area (Å²) >= 11 is 5.82. The molecule has 1 aromatic rings. The Kier molecular flexibility index (Phi) is 7.77. The summed E-state index contributed by atoms with van der Waals surface area (Å²) in [7, 11) is 1.75. The van der Waals surface area contributed by atoms with Crippen LogP contribution in [0.5, 0.6) is 0 Å². The van der Waals surface area contributed by atoms with E-state index in [1.807, 2.05) is 0 Å². The van der Waals surface area contributed by atoms with Crippen LogP contribution in [0.4, 0.5) is 0 Å². The van der Waals surface area contributed by atoms with Crippen molar-refractivity contribution >= 4 is 47.4 Å². The fourth-order valence-corrected chi connectivity index (χ4v) is 3.35. The molecule has 25 heavy (non-hydrogen) atoms. The first-order valence-electron chi connectivity index (χ1n) is 8.32. The number of hydrogen-bond donors (Lipinski definition) is 3. The van der Waals surface area contributed by atoms with E-state index in [0.717, 1.165) is 18.8 Å². The first-order chi connectivity index (χ1) is 11.7. The van der Waals surface area contributed by atoms with Crippen LogP contribution in [0, 0.1) is 0 Å². The van der Waals surface area contributed by atoms with Crippen LogP contribution < -0.4 is 16.0 Å². The standard InChI is InChI=1S/C17H23ClN4O2.HI/c1-19-17(22-14-10-13-6-7-15(14)24-13)21-9-8-20-16(23)11-2-4-12(18)5-3-11;/h2-5,13-15H,6-10H2,1H3,(H,20,23)(H2,19,21,22);1H. The lowest BCUT2D eigenvalue weighted by atomic mass is 9.96. The number of ether oxygens (including phenoxy) is 1. The number of amides is 1. The number of guanidine groups is 1. The largest absolute Gasteiger partial charge is 0.373 e. The molecular weight excluding hydrogens is 455 g/mol. The Morgan fingerprint density at radius 1 is 1.24 bits per heavy atom. The molecule has 0 aliphatic carbocycles. The fourth-order valence-electron chi connectivity index (χ4n) is 3.22. The van der Waals surface area contributed by atoms with Crippen molar-refractivity contribution in [3.8, 4) is 0 Å². The fraction of sp³-hybridized carbons (Fsp3) is 0.529. The first kappa shape index (κ1) is 20.3. The molecule has 8 heteroatoms. The number of halogens is 2. The van der Waals surface area contributed by atoms with Gasteiger partial charge in [0.15, 0.2) is 5.96 Å². The SMILES string of the molecule is CN=C(NCCNC(=O)c1ccc(Cl)cc1)NC1CC2CCC1O2.I. The van der Waals surface area contributed by atoms with E-state index >= 15 is 0 Å². The molecule has 2 heterocycles. The monoisotopic (exact) mass is 478 g/mol. The Morgan fingerprint density at radius 2 is 1.96 bits per heavy atom. The molecule has 0 spiro atoms. The second kappa shape index (κ2) is 9.59. The minimum Gasteiger partial charge on any atom is -0.373 e. The smallest absolute Gasteiger partial charge is 0.251 e. The number of hydrogen-bond acceptors (Lipinski definition) is 3. The lowest BCUT2D eigenvalue weighted by Crippen LogP contribution is -2.48. The van der Waals surface area contributed by atoms with Crippen molar-refractivity contribution in [3.05, 3.63) is 34.9 Å². The van der Waals surface area contributed by atoms with Gasteiger partial charge >= 0.3 is 0 Å². The van der Waals surface area contributed by atoms with E-state index in [9.17, 15) is 4.79 Å². The van der Waals surface area contributed by atoms with Gasteiger partial charge in [-0.1, -0.05) is 11.6 Å². The predicted molar refractivity (Wildman–Crippen MR) is 110 cm³/mol. The highest BCUT2D eigenvalue weighted by Crippen LogP contribution is 2.34. The van der Waals surface area contributed by atoms with Gasteiger partial charge in [-0.15, -0.1) is 24.0 Å². The molecule has 138 valence electrons. The van der Waals surface area contributed by atoms with E-state index < -0.39 is 0 Å². The van der Waals surface area contributed by atoms with Crippen molar-refractivity contribution < 1.29 is 9.53 Å². The average Bonchev–Trinajstić information content (AvgIpc) is 3.21. The molecule has 2 fully saturated rings. The Bertz CT molecular complexity index is 611. The first-order valence-corrected chi connectivity index (χ1v) is 8.70. The Hall–Kier alpha value is -1.06. The number of carbonyl (C=O) groups is 1. The topological polar surface area (TPSA) is 74.8 Å². The van der Waals surface area contributed by atoms with Crippen LogP contribution in [0.3, 0.4) is 0 Å². The molecule has 0 radical (unpaired) electrons. The number of carbonyl (C=O) groups excluding carboxylic acids is 1. The van der Waals surface area contributed by atoms with Crippen molar-refractivity contribution in [2.24, 2.45) is 4.99 Å². The number of aliphatic imine (C=N–C) groups is 1. The van der Waals surface area contributed by atoms with Gasteiger partial charge in [-0.05, 0) is 43.5 Å². The molecule has 0 aromatic heterocycles. The van der Waals surface area contributed by atoms with Crippen LogP contribution in [-0.4, -0.2) is 50.3 Å². The third-order valence-electron chi connectivity index (χ3n) is 4.46. The molecule has 2 saturated heterocycles. The zero-order chi connectivity index (χ0) is 16.9. The van der Waals surface area contributed by atoms with Crippen LogP contribution in [0.25, 0.3) is 0 Å². The maximum Gasteiger partial charge on any atom is 0.251 e. The zero-order valence-electron chi connectivity index (χ0n) is 14.1. The molecule has 6 nitrogen and oxygen atoms in total. The lowest BCUT2D eigenvalue weighted by Gasteiger charge is -2.22. The Morgan fingerprint density at radius 3 is 2.56 bits per heavy atom. The van der Waals surface area contributed by atoms with Crippen LogP contribution in [0.15, 0.2) is 29.3 Å². The third-order valence-corrected chi connectivity index (χ3v) is 4.71. The highest BCUT2D eigenvalue weighted by molar-refractivity contribution is 14.0. The molecule has 3 unspecified atom stereocenters. The number of fused-ring (bicyclic) bond motifs is 2. The van der Waals surface area contributed by atoms with Crippen LogP contribution in [0.2, 0.25) is 5.02 Å². The second-order valence-electron chi connectivity index (χ2n) is 6.12. The van der Waals surface area contributed by atoms with Crippen molar-refractivity contribution in [1.29, 1.82) is 0 Å². The number of rotatable bonds is 5. The highest BCUT2D eigenvalue weighted by Gasteiger charge is 2.41. The van der Waals surface area contributed by atoms with Crippen molar-refractivity contribution in [2.45, 2.75) is 37.5 Å². The van der Waals surface area contributed by atoms with Gasteiger partial charge in [0.1, 0.15) is 0 Å². The third kappa shape index (κ3) is 5.46. The van der Waals surface area contributed by atoms with Gasteiger partial charge in [0.25, 0.3) is 5.91 Å². The molecule has 3 N–H and O–H groups in total. The Labute approximate surface area is 170 Å². The molecule has 2 aliphatic rings. The van der Waals surface area contributed by atoms with E-state index in [-0.39, 0.29) is 29.9 Å². The van der Waals surface area contributed by atoms with Gasteiger partial charge in [0.05, 0.1) is 18.2 Å². The maximum absolute atomic E-state index is 12.0. The van der Waals surface area contributed by atoms with Crippen molar-refractivity contribution in [3.63, 3.8) is 0 Å². The number of nitrogens with zero attached hydrogens (tertiary/aromatic N) is 1.